The van der Waals surface area contributed by atoms with Crippen molar-refractivity contribution in [1.29, 1.82) is 0 Å². The Morgan fingerprint density at radius 1 is 0.964 bits per heavy atom. The standard InChI is InChI=1S/C24H25NO3/c1-17-14-19(15-22(26)25(17)16-18-10-6-5-7-11-18)20-12-8-9-13-21(20)23(27)28-24(2,3)4/h5-15H,16H2,1-4H3. The maximum atomic E-state index is 12.8. The number of benzene rings is 2. The summed E-state index contributed by atoms with van der Waals surface area (Å²) in [6.07, 6.45) is 0. The SMILES string of the molecule is Cc1cc(-c2ccccc2C(=O)OC(C)(C)C)cc(=O)n1Cc1ccccc1. The second-order valence-corrected chi connectivity index (χ2v) is 7.84. The van der Waals surface area contributed by atoms with E-state index >= 15 is 0 Å². The number of carbonyl (C=O) groups excluding carboxylic acids is 1. The number of hydrogen-bond donors (Lipinski definition) is 0. The minimum Gasteiger partial charge on any atom is -0.456 e. The predicted molar refractivity (Wildman–Crippen MR) is 112 cm³/mol. The molecular weight excluding hydrogens is 350 g/mol. The molecule has 0 saturated carbocycles. The smallest absolute Gasteiger partial charge is 0.339 e. The van der Waals surface area contributed by atoms with Gasteiger partial charge in [-0.1, -0.05) is 48.5 Å². The summed E-state index contributed by atoms with van der Waals surface area (Å²) in [7, 11) is 0. The zero-order valence-electron chi connectivity index (χ0n) is 16.7. The number of esters is 1. The van der Waals surface area contributed by atoms with Crippen LogP contribution in [0.15, 0.2) is 71.5 Å². The first kappa shape index (κ1) is 19.6. The fourth-order valence-electron chi connectivity index (χ4n) is 3.10. The van der Waals surface area contributed by atoms with Crippen LogP contribution in [0, 0.1) is 6.92 Å². The molecule has 1 heterocycles. The van der Waals surface area contributed by atoms with Gasteiger partial charge in [0.05, 0.1) is 12.1 Å². The van der Waals surface area contributed by atoms with Gasteiger partial charge in [-0.05, 0) is 56.5 Å². The van der Waals surface area contributed by atoms with E-state index in [9.17, 15) is 9.59 Å². The van der Waals surface area contributed by atoms with Crippen LogP contribution in [0.5, 0.6) is 0 Å². The van der Waals surface area contributed by atoms with Gasteiger partial charge in [-0.2, -0.15) is 0 Å². The van der Waals surface area contributed by atoms with Gasteiger partial charge in [0, 0.05) is 11.8 Å². The maximum Gasteiger partial charge on any atom is 0.339 e. The molecule has 0 unspecified atom stereocenters. The van der Waals surface area contributed by atoms with Crippen LogP contribution < -0.4 is 5.56 Å². The van der Waals surface area contributed by atoms with Gasteiger partial charge in [-0.3, -0.25) is 4.79 Å². The van der Waals surface area contributed by atoms with Crippen molar-refractivity contribution in [2.24, 2.45) is 0 Å². The van der Waals surface area contributed by atoms with Crippen LogP contribution in [0.1, 0.15) is 42.4 Å². The fraction of sp³-hybridized carbons (Fsp3) is 0.250. The van der Waals surface area contributed by atoms with Crippen molar-refractivity contribution in [2.45, 2.75) is 39.8 Å². The van der Waals surface area contributed by atoms with E-state index in [4.69, 9.17) is 4.74 Å². The summed E-state index contributed by atoms with van der Waals surface area (Å²) in [5.41, 5.74) is 3.09. The van der Waals surface area contributed by atoms with Crippen molar-refractivity contribution in [3.8, 4) is 11.1 Å². The van der Waals surface area contributed by atoms with E-state index in [-0.39, 0.29) is 5.56 Å². The minimum atomic E-state index is -0.584. The Hall–Kier alpha value is -3.14. The zero-order valence-corrected chi connectivity index (χ0v) is 16.7. The second kappa shape index (κ2) is 7.85. The van der Waals surface area contributed by atoms with Crippen LogP contribution in [-0.4, -0.2) is 16.1 Å². The monoisotopic (exact) mass is 375 g/mol. The largest absolute Gasteiger partial charge is 0.456 e. The molecule has 0 spiro atoms. The molecule has 0 aliphatic heterocycles. The third-order valence-electron chi connectivity index (χ3n) is 4.38. The molecule has 0 atom stereocenters. The van der Waals surface area contributed by atoms with E-state index in [1.807, 2.05) is 76.2 Å². The molecule has 2 aromatic carbocycles. The van der Waals surface area contributed by atoms with Crippen LogP contribution in [0.25, 0.3) is 11.1 Å². The van der Waals surface area contributed by atoms with Gasteiger partial charge in [0.2, 0.25) is 0 Å². The summed E-state index contributed by atoms with van der Waals surface area (Å²) in [6.45, 7) is 7.93. The lowest BCUT2D eigenvalue weighted by Crippen LogP contribution is -2.24. The molecule has 0 amide bonds. The normalized spacial score (nSPS) is 11.3. The highest BCUT2D eigenvalue weighted by molar-refractivity contribution is 5.97. The first-order valence-electron chi connectivity index (χ1n) is 9.33. The molecule has 0 bridgehead atoms. The minimum absolute atomic E-state index is 0.0992. The summed E-state index contributed by atoms with van der Waals surface area (Å²) in [4.78, 5) is 25.4. The van der Waals surface area contributed by atoms with E-state index in [1.54, 1.807) is 22.8 Å². The van der Waals surface area contributed by atoms with E-state index in [1.165, 1.54) is 0 Å². The predicted octanol–water partition coefficient (Wildman–Crippen LogP) is 4.83. The molecule has 4 heteroatoms. The molecular formula is C24H25NO3. The third kappa shape index (κ3) is 4.58. The summed E-state index contributed by atoms with van der Waals surface area (Å²) >= 11 is 0. The Labute approximate surface area is 165 Å². The Morgan fingerprint density at radius 3 is 2.25 bits per heavy atom. The average molecular weight is 375 g/mol. The lowest BCUT2D eigenvalue weighted by Gasteiger charge is -2.21. The Morgan fingerprint density at radius 2 is 1.61 bits per heavy atom. The topological polar surface area (TPSA) is 48.3 Å². The molecule has 3 rings (SSSR count). The molecule has 3 aromatic rings. The fourth-order valence-corrected chi connectivity index (χ4v) is 3.10. The van der Waals surface area contributed by atoms with Crippen molar-refractivity contribution < 1.29 is 9.53 Å². The molecule has 0 saturated heterocycles. The van der Waals surface area contributed by atoms with E-state index in [0.717, 1.165) is 11.3 Å². The van der Waals surface area contributed by atoms with Gasteiger partial charge in [-0.25, -0.2) is 4.79 Å². The molecule has 28 heavy (non-hydrogen) atoms. The maximum absolute atomic E-state index is 12.8. The van der Waals surface area contributed by atoms with Crippen LogP contribution in [-0.2, 0) is 11.3 Å². The molecule has 144 valence electrons. The highest BCUT2D eigenvalue weighted by Gasteiger charge is 2.21. The molecule has 4 nitrogen and oxygen atoms in total. The molecule has 0 radical (unpaired) electrons. The Bertz CT molecular complexity index is 1040. The molecule has 0 N–H and O–H groups in total. The van der Waals surface area contributed by atoms with Crippen molar-refractivity contribution in [3.05, 3.63) is 93.9 Å². The molecule has 0 aliphatic rings. The summed E-state index contributed by atoms with van der Waals surface area (Å²) in [6, 6.07) is 20.6. The van der Waals surface area contributed by atoms with Crippen molar-refractivity contribution in [2.75, 3.05) is 0 Å². The summed E-state index contributed by atoms with van der Waals surface area (Å²) in [5.74, 6) is -0.394. The second-order valence-electron chi connectivity index (χ2n) is 7.84. The Kier molecular flexibility index (Phi) is 5.50. The third-order valence-corrected chi connectivity index (χ3v) is 4.38. The number of rotatable bonds is 4. The average Bonchev–Trinajstić information content (AvgIpc) is 2.64. The van der Waals surface area contributed by atoms with Gasteiger partial charge in [-0.15, -0.1) is 0 Å². The van der Waals surface area contributed by atoms with Crippen molar-refractivity contribution in [3.63, 3.8) is 0 Å². The highest BCUT2D eigenvalue weighted by Crippen LogP contribution is 2.25. The number of aryl methyl sites for hydroxylation is 1. The first-order valence-corrected chi connectivity index (χ1v) is 9.33. The lowest BCUT2D eigenvalue weighted by molar-refractivity contribution is 0.00704. The van der Waals surface area contributed by atoms with Gasteiger partial charge in [0.25, 0.3) is 5.56 Å². The van der Waals surface area contributed by atoms with Crippen molar-refractivity contribution >= 4 is 5.97 Å². The molecule has 1 aromatic heterocycles. The summed E-state index contributed by atoms with van der Waals surface area (Å²) < 4.78 is 7.26. The van der Waals surface area contributed by atoms with Gasteiger partial charge in [0.15, 0.2) is 0 Å². The zero-order chi connectivity index (χ0) is 20.3. The van der Waals surface area contributed by atoms with Crippen molar-refractivity contribution in [1.82, 2.24) is 4.57 Å². The van der Waals surface area contributed by atoms with Crippen LogP contribution in [0.4, 0.5) is 0 Å². The highest BCUT2D eigenvalue weighted by atomic mass is 16.6. The number of ether oxygens (including phenoxy) is 1. The number of pyridine rings is 1. The molecule has 0 fully saturated rings. The van der Waals surface area contributed by atoms with Crippen LogP contribution in [0.3, 0.4) is 0 Å². The van der Waals surface area contributed by atoms with Crippen LogP contribution in [0.2, 0.25) is 0 Å². The van der Waals surface area contributed by atoms with Gasteiger partial charge in [0.1, 0.15) is 5.60 Å². The Balaban J connectivity index is 2.00. The van der Waals surface area contributed by atoms with Gasteiger partial charge < -0.3 is 9.30 Å². The molecule has 0 aliphatic carbocycles. The quantitative estimate of drug-likeness (QED) is 0.614. The van der Waals surface area contributed by atoms with Gasteiger partial charge >= 0.3 is 5.97 Å². The summed E-state index contributed by atoms with van der Waals surface area (Å²) in [5, 5.41) is 0. The number of hydrogen-bond acceptors (Lipinski definition) is 3. The number of nitrogens with zero attached hydrogens (tertiary/aromatic N) is 1. The first-order chi connectivity index (χ1) is 13.2. The number of carbonyl (C=O) groups is 1. The van der Waals surface area contributed by atoms with E-state index in [0.29, 0.717) is 23.2 Å². The number of aromatic nitrogens is 1. The lowest BCUT2D eigenvalue weighted by atomic mass is 9.99. The van der Waals surface area contributed by atoms with E-state index in [2.05, 4.69) is 0 Å². The van der Waals surface area contributed by atoms with Crippen LogP contribution >= 0.6 is 0 Å². The van der Waals surface area contributed by atoms with E-state index < -0.39 is 11.6 Å².